The van der Waals surface area contributed by atoms with E-state index in [1.807, 2.05) is 35.2 Å². The summed E-state index contributed by atoms with van der Waals surface area (Å²) in [4.78, 5) is 21.0. The minimum atomic E-state index is 0.165. The summed E-state index contributed by atoms with van der Waals surface area (Å²) < 4.78 is 0. The molecule has 0 aliphatic carbocycles. The van der Waals surface area contributed by atoms with Crippen LogP contribution in [0.1, 0.15) is 17.5 Å². The Morgan fingerprint density at radius 2 is 1.83 bits per heavy atom. The van der Waals surface area contributed by atoms with Crippen molar-refractivity contribution < 1.29 is 4.79 Å². The maximum absolute atomic E-state index is 13.2. The summed E-state index contributed by atoms with van der Waals surface area (Å²) in [5, 5.41) is 0. The number of thioether (sulfide) groups is 1. The molecular formula is C25H27N3OS. The summed E-state index contributed by atoms with van der Waals surface area (Å²) in [6.07, 6.45) is 2.98. The fraction of sp³-hybridized carbons (Fsp3) is 0.320. The molecule has 2 aliphatic rings. The molecule has 0 atom stereocenters. The molecule has 154 valence electrons. The number of benzene rings is 2. The predicted octanol–water partition coefficient (Wildman–Crippen LogP) is 3.65. The summed E-state index contributed by atoms with van der Waals surface area (Å²) in [6.45, 7) is 3.58. The molecule has 0 spiro atoms. The van der Waals surface area contributed by atoms with Gasteiger partial charge in [-0.3, -0.25) is 9.69 Å². The molecule has 0 aromatic heterocycles. The van der Waals surface area contributed by atoms with Crippen molar-refractivity contribution in [2.24, 2.45) is 0 Å². The number of carbonyl (C=O) groups is 1. The summed E-state index contributed by atoms with van der Waals surface area (Å²) in [6, 6.07) is 18.5. The monoisotopic (exact) mass is 417 g/mol. The van der Waals surface area contributed by atoms with Crippen LogP contribution >= 0.6 is 11.8 Å². The predicted molar refractivity (Wildman–Crippen MR) is 123 cm³/mol. The normalized spacial score (nSPS) is 16.9. The molecule has 0 bridgehead atoms. The molecule has 30 heavy (non-hydrogen) atoms. The highest BCUT2D eigenvalue weighted by molar-refractivity contribution is 7.98. The van der Waals surface area contributed by atoms with Crippen LogP contribution in [0.15, 0.2) is 70.8 Å². The molecule has 0 saturated heterocycles. The first-order chi connectivity index (χ1) is 14.6. The fourth-order valence-electron chi connectivity index (χ4n) is 4.00. The van der Waals surface area contributed by atoms with E-state index in [-0.39, 0.29) is 5.91 Å². The van der Waals surface area contributed by atoms with Crippen LogP contribution in [0.2, 0.25) is 0 Å². The van der Waals surface area contributed by atoms with Crippen LogP contribution in [0.3, 0.4) is 0 Å². The second-order valence-corrected chi connectivity index (χ2v) is 8.62. The lowest BCUT2D eigenvalue weighted by atomic mass is 10.0. The van der Waals surface area contributed by atoms with E-state index < -0.39 is 0 Å². The van der Waals surface area contributed by atoms with Crippen molar-refractivity contribution in [3.8, 4) is 11.8 Å². The van der Waals surface area contributed by atoms with Gasteiger partial charge in [0.15, 0.2) is 0 Å². The first-order valence-corrected chi connectivity index (χ1v) is 11.5. The minimum absolute atomic E-state index is 0.165. The minimum Gasteiger partial charge on any atom is -0.360 e. The van der Waals surface area contributed by atoms with Crippen molar-refractivity contribution in [2.45, 2.75) is 17.9 Å². The quantitative estimate of drug-likeness (QED) is 0.561. The second-order valence-electron chi connectivity index (χ2n) is 7.74. The van der Waals surface area contributed by atoms with Gasteiger partial charge in [0.25, 0.3) is 5.91 Å². The Labute approximate surface area is 183 Å². The molecule has 0 saturated carbocycles. The van der Waals surface area contributed by atoms with E-state index in [2.05, 4.69) is 59.2 Å². The third kappa shape index (κ3) is 4.72. The highest BCUT2D eigenvalue weighted by Crippen LogP contribution is 2.27. The van der Waals surface area contributed by atoms with Crippen LogP contribution in [0, 0.1) is 11.8 Å². The van der Waals surface area contributed by atoms with E-state index in [1.54, 1.807) is 11.8 Å². The van der Waals surface area contributed by atoms with Gasteiger partial charge in [0.1, 0.15) is 0 Å². The third-order valence-electron chi connectivity index (χ3n) is 5.63. The van der Waals surface area contributed by atoms with Gasteiger partial charge in [-0.2, -0.15) is 0 Å². The maximum atomic E-state index is 13.2. The Morgan fingerprint density at radius 1 is 1.07 bits per heavy atom. The van der Waals surface area contributed by atoms with E-state index in [1.165, 1.54) is 16.2 Å². The lowest BCUT2D eigenvalue weighted by Gasteiger charge is -2.42. The molecule has 2 heterocycles. The Balaban J connectivity index is 1.43. The molecule has 2 aliphatic heterocycles. The van der Waals surface area contributed by atoms with Crippen LogP contribution < -0.4 is 0 Å². The summed E-state index contributed by atoms with van der Waals surface area (Å²) in [5.74, 6) is 6.65. The van der Waals surface area contributed by atoms with Crippen LogP contribution in [-0.2, 0) is 11.3 Å². The van der Waals surface area contributed by atoms with E-state index in [4.69, 9.17) is 0 Å². The molecule has 2 aromatic rings. The van der Waals surface area contributed by atoms with E-state index in [0.717, 1.165) is 24.1 Å². The lowest BCUT2D eigenvalue weighted by molar-refractivity contribution is -0.131. The van der Waals surface area contributed by atoms with Crippen molar-refractivity contribution in [3.05, 3.63) is 77.0 Å². The SMILES string of the molecule is CSc1ccc(CN2CN(C)C3=C(CN(CC#Cc4ccccc4)CC3)C2=O)cc1. The zero-order valence-electron chi connectivity index (χ0n) is 17.6. The van der Waals surface area contributed by atoms with Gasteiger partial charge < -0.3 is 9.80 Å². The molecule has 1 amide bonds. The van der Waals surface area contributed by atoms with Gasteiger partial charge in [0.05, 0.1) is 18.8 Å². The van der Waals surface area contributed by atoms with E-state index in [9.17, 15) is 4.79 Å². The Hall–Kier alpha value is -2.68. The largest absolute Gasteiger partial charge is 0.360 e. The first kappa shape index (κ1) is 20.6. The number of carbonyl (C=O) groups excluding carboxylic acids is 1. The van der Waals surface area contributed by atoms with E-state index in [0.29, 0.717) is 26.3 Å². The third-order valence-corrected chi connectivity index (χ3v) is 6.37. The first-order valence-electron chi connectivity index (χ1n) is 10.3. The molecule has 4 nitrogen and oxygen atoms in total. The zero-order chi connectivity index (χ0) is 20.9. The van der Waals surface area contributed by atoms with E-state index >= 15 is 0 Å². The molecule has 0 unspecified atom stereocenters. The van der Waals surface area contributed by atoms with Crippen molar-refractivity contribution in [2.75, 3.05) is 39.6 Å². The van der Waals surface area contributed by atoms with Gasteiger partial charge in [0.2, 0.25) is 0 Å². The average Bonchev–Trinajstić information content (AvgIpc) is 2.78. The van der Waals surface area contributed by atoms with Crippen molar-refractivity contribution in [3.63, 3.8) is 0 Å². The van der Waals surface area contributed by atoms with Gasteiger partial charge in [0, 0.05) is 49.3 Å². The van der Waals surface area contributed by atoms with Gasteiger partial charge in [-0.05, 0) is 36.1 Å². The number of nitrogens with zero attached hydrogens (tertiary/aromatic N) is 3. The summed E-state index contributed by atoms with van der Waals surface area (Å²) >= 11 is 1.73. The van der Waals surface area contributed by atoms with Gasteiger partial charge in [-0.1, -0.05) is 42.2 Å². The number of amides is 1. The van der Waals surface area contributed by atoms with Crippen LogP contribution in [-0.4, -0.2) is 60.2 Å². The fourth-order valence-corrected chi connectivity index (χ4v) is 4.41. The average molecular weight is 418 g/mol. The smallest absolute Gasteiger partial charge is 0.254 e. The Morgan fingerprint density at radius 3 is 2.57 bits per heavy atom. The molecule has 2 aromatic carbocycles. The lowest BCUT2D eigenvalue weighted by Crippen LogP contribution is -2.50. The molecular weight excluding hydrogens is 390 g/mol. The molecule has 5 heteroatoms. The Kier molecular flexibility index (Phi) is 6.47. The molecule has 4 rings (SSSR count). The highest BCUT2D eigenvalue weighted by Gasteiger charge is 2.33. The van der Waals surface area contributed by atoms with Crippen LogP contribution in [0.4, 0.5) is 0 Å². The standard InChI is InChI=1S/C25H27N3OS/c1-26-19-28(17-21-10-12-22(30-2)13-11-21)25(29)23-18-27(16-14-24(23)26)15-6-9-20-7-4-3-5-8-20/h3-5,7-8,10-13H,14-19H2,1-2H3. The molecule has 0 fully saturated rings. The van der Waals surface area contributed by atoms with Crippen molar-refractivity contribution in [1.82, 2.24) is 14.7 Å². The topological polar surface area (TPSA) is 26.8 Å². The van der Waals surface area contributed by atoms with Crippen molar-refractivity contribution >= 4 is 17.7 Å². The number of hydrogen-bond donors (Lipinski definition) is 0. The van der Waals surface area contributed by atoms with Crippen molar-refractivity contribution in [1.29, 1.82) is 0 Å². The van der Waals surface area contributed by atoms with Crippen LogP contribution in [0.25, 0.3) is 0 Å². The molecule has 0 radical (unpaired) electrons. The molecule has 0 N–H and O–H groups in total. The second kappa shape index (κ2) is 9.42. The maximum Gasteiger partial charge on any atom is 0.254 e. The van der Waals surface area contributed by atoms with Gasteiger partial charge >= 0.3 is 0 Å². The Bertz CT molecular complexity index is 989. The van der Waals surface area contributed by atoms with Gasteiger partial charge in [-0.25, -0.2) is 0 Å². The number of hydrogen-bond acceptors (Lipinski definition) is 4. The summed E-state index contributed by atoms with van der Waals surface area (Å²) in [5.41, 5.74) is 4.32. The number of rotatable bonds is 4. The van der Waals surface area contributed by atoms with Gasteiger partial charge in [-0.15, -0.1) is 11.8 Å². The van der Waals surface area contributed by atoms with Crippen LogP contribution in [0.5, 0.6) is 0 Å². The zero-order valence-corrected chi connectivity index (χ0v) is 18.4. The highest BCUT2D eigenvalue weighted by atomic mass is 32.2. The summed E-state index contributed by atoms with van der Waals surface area (Å²) in [7, 11) is 2.09.